The summed E-state index contributed by atoms with van der Waals surface area (Å²) in [5.74, 6) is -0.759. The Bertz CT molecular complexity index is 508. The second-order valence-corrected chi connectivity index (χ2v) is 5.20. The Morgan fingerprint density at radius 3 is 2.48 bits per heavy atom. The number of nitrogens with zero attached hydrogens (tertiary/aromatic N) is 1. The number of carbonyl (C=O) groups is 1. The van der Waals surface area contributed by atoms with Crippen molar-refractivity contribution in [2.75, 3.05) is 20.2 Å². The van der Waals surface area contributed by atoms with E-state index in [1.807, 2.05) is 4.90 Å². The Morgan fingerprint density at radius 2 is 1.90 bits per heavy atom. The van der Waals surface area contributed by atoms with Gasteiger partial charge in [0.1, 0.15) is 0 Å². The van der Waals surface area contributed by atoms with Gasteiger partial charge in [-0.05, 0) is 43.6 Å². The van der Waals surface area contributed by atoms with Gasteiger partial charge < -0.3 is 4.74 Å². The van der Waals surface area contributed by atoms with Gasteiger partial charge in [0, 0.05) is 6.54 Å². The third-order valence-corrected chi connectivity index (χ3v) is 3.68. The summed E-state index contributed by atoms with van der Waals surface area (Å²) in [4.78, 5) is 13.4. The molecule has 0 N–H and O–H groups in total. The molecule has 1 aromatic carbocycles. The molecule has 1 saturated heterocycles. The highest BCUT2D eigenvalue weighted by atomic mass is 19.4. The van der Waals surface area contributed by atoms with Crippen LogP contribution in [0.1, 0.15) is 40.7 Å². The molecule has 6 heteroatoms. The maximum Gasteiger partial charge on any atom is 0.416 e. The minimum atomic E-state index is -4.48. The number of halogens is 3. The van der Waals surface area contributed by atoms with Gasteiger partial charge in [-0.2, -0.15) is 13.2 Å². The number of esters is 1. The van der Waals surface area contributed by atoms with Gasteiger partial charge in [-0.1, -0.05) is 12.5 Å². The van der Waals surface area contributed by atoms with E-state index in [9.17, 15) is 18.0 Å². The fourth-order valence-electron chi connectivity index (χ4n) is 2.58. The first-order valence-electron chi connectivity index (χ1n) is 6.92. The normalized spacial score (nSPS) is 16.8. The predicted octanol–water partition coefficient (Wildman–Crippen LogP) is 3.48. The average molecular weight is 301 g/mol. The van der Waals surface area contributed by atoms with Crippen molar-refractivity contribution in [3.63, 3.8) is 0 Å². The molecule has 3 nitrogen and oxygen atoms in total. The molecule has 0 aliphatic carbocycles. The molecule has 1 aliphatic heterocycles. The highest BCUT2D eigenvalue weighted by molar-refractivity contribution is 5.89. The summed E-state index contributed by atoms with van der Waals surface area (Å²) in [6.45, 7) is 1.89. The summed E-state index contributed by atoms with van der Waals surface area (Å²) in [5.41, 5.74) is -0.625. The Morgan fingerprint density at radius 1 is 1.24 bits per heavy atom. The predicted molar refractivity (Wildman–Crippen MR) is 71.9 cm³/mol. The molecule has 1 fully saturated rings. The van der Waals surface area contributed by atoms with Gasteiger partial charge in [0.25, 0.3) is 0 Å². The lowest BCUT2D eigenvalue weighted by atomic mass is 10.0. The van der Waals surface area contributed by atoms with Crippen LogP contribution < -0.4 is 0 Å². The molecule has 2 rings (SSSR count). The van der Waals surface area contributed by atoms with Crippen LogP contribution in [0.2, 0.25) is 0 Å². The van der Waals surface area contributed by atoms with Crippen LogP contribution in [0.25, 0.3) is 0 Å². The number of alkyl halides is 3. The first-order chi connectivity index (χ1) is 9.91. The molecule has 0 spiro atoms. The van der Waals surface area contributed by atoms with Crippen molar-refractivity contribution in [2.45, 2.75) is 32.0 Å². The molecule has 21 heavy (non-hydrogen) atoms. The van der Waals surface area contributed by atoms with E-state index >= 15 is 0 Å². The highest BCUT2D eigenvalue weighted by Gasteiger charge is 2.34. The van der Waals surface area contributed by atoms with Crippen molar-refractivity contribution >= 4 is 5.97 Å². The summed E-state index contributed by atoms with van der Waals surface area (Å²) in [7, 11) is 1.15. The van der Waals surface area contributed by atoms with Crippen LogP contribution in [-0.4, -0.2) is 31.1 Å². The van der Waals surface area contributed by atoms with Crippen LogP contribution >= 0.6 is 0 Å². The van der Waals surface area contributed by atoms with E-state index in [1.165, 1.54) is 12.1 Å². The van der Waals surface area contributed by atoms with Crippen LogP contribution in [0.4, 0.5) is 13.2 Å². The number of methoxy groups -OCH3 is 1. The summed E-state index contributed by atoms with van der Waals surface area (Å²) < 4.78 is 44.0. The van der Waals surface area contributed by atoms with E-state index in [0.717, 1.165) is 45.5 Å². The Kier molecular flexibility index (Phi) is 4.88. The molecule has 1 aliphatic rings. The Balaban J connectivity index is 2.28. The maximum absolute atomic E-state index is 13.2. The number of benzene rings is 1. The monoisotopic (exact) mass is 301 g/mol. The summed E-state index contributed by atoms with van der Waals surface area (Å²) in [6, 6.07) is 3.65. The van der Waals surface area contributed by atoms with E-state index in [1.54, 1.807) is 0 Å². The second kappa shape index (κ2) is 6.47. The molecule has 1 heterocycles. The third-order valence-electron chi connectivity index (χ3n) is 3.68. The molecule has 0 aromatic heterocycles. The highest BCUT2D eigenvalue weighted by Crippen LogP contribution is 2.33. The first kappa shape index (κ1) is 15.8. The van der Waals surface area contributed by atoms with Crippen LogP contribution in [0.3, 0.4) is 0 Å². The standard InChI is InChI=1S/C15H18F3NO2/c1-21-14(20)11-5-6-12(13(9-11)15(16,17)18)10-19-7-3-2-4-8-19/h5-6,9H,2-4,7-8,10H2,1H3. The van der Waals surface area contributed by atoms with Crippen LogP contribution in [0.15, 0.2) is 18.2 Å². The number of rotatable bonds is 3. The molecule has 1 aromatic rings. The number of piperidine rings is 1. The van der Waals surface area contributed by atoms with E-state index in [4.69, 9.17) is 0 Å². The van der Waals surface area contributed by atoms with E-state index in [0.29, 0.717) is 0 Å². The molecular formula is C15H18F3NO2. The fraction of sp³-hybridized carbons (Fsp3) is 0.533. The van der Waals surface area contributed by atoms with Crippen molar-refractivity contribution < 1.29 is 22.7 Å². The lowest BCUT2D eigenvalue weighted by Crippen LogP contribution is -2.30. The third kappa shape index (κ3) is 3.97. The SMILES string of the molecule is COC(=O)c1ccc(CN2CCCCC2)c(C(F)(F)F)c1. The van der Waals surface area contributed by atoms with Gasteiger partial charge in [0.05, 0.1) is 18.2 Å². The largest absolute Gasteiger partial charge is 0.465 e. The molecule has 0 amide bonds. The molecule has 0 saturated carbocycles. The molecule has 0 unspecified atom stereocenters. The van der Waals surface area contributed by atoms with Gasteiger partial charge in [0.15, 0.2) is 0 Å². The summed E-state index contributed by atoms with van der Waals surface area (Å²) in [6.07, 6.45) is -1.32. The van der Waals surface area contributed by atoms with E-state index in [-0.39, 0.29) is 17.7 Å². The summed E-state index contributed by atoms with van der Waals surface area (Å²) >= 11 is 0. The fourth-order valence-corrected chi connectivity index (χ4v) is 2.58. The first-order valence-corrected chi connectivity index (χ1v) is 6.92. The molecule has 0 radical (unpaired) electrons. The van der Waals surface area contributed by atoms with Gasteiger partial charge >= 0.3 is 12.1 Å². The zero-order valence-electron chi connectivity index (χ0n) is 11.9. The van der Waals surface area contributed by atoms with Crippen molar-refractivity contribution in [1.82, 2.24) is 4.90 Å². The van der Waals surface area contributed by atoms with Gasteiger partial charge in [-0.3, -0.25) is 4.90 Å². The minimum Gasteiger partial charge on any atom is -0.465 e. The molecular weight excluding hydrogens is 283 g/mol. The van der Waals surface area contributed by atoms with E-state index < -0.39 is 17.7 Å². The molecule has 116 valence electrons. The Hall–Kier alpha value is -1.56. The molecule has 0 atom stereocenters. The van der Waals surface area contributed by atoms with Gasteiger partial charge in [-0.15, -0.1) is 0 Å². The number of likely N-dealkylation sites (tertiary alicyclic amines) is 1. The van der Waals surface area contributed by atoms with Crippen LogP contribution in [0, 0.1) is 0 Å². The van der Waals surface area contributed by atoms with Crippen molar-refractivity contribution in [3.05, 3.63) is 34.9 Å². The zero-order chi connectivity index (χ0) is 15.5. The number of hydrogen-bond acceptors (Lipinski definition) is 3. The smallest absolute Gasteiger partial charge is 0.416 e. The molecule has 0 bridgehead atoms. The number of carbonyl (C=O) groups excluding carboxylic acids is 1. The van der Waals surface area contributed by atoms with Crippen LogP contribution in [0.5, 0.6) is 0 Å². The number of hydrogen-bond donors (Lipinski definition) is 0. The zero-order valence-corrected chi connectivity index (χ0v) is 11.9. The van der Waals surface area contributed by atoms with E-state index in [2.05, 4.69) is 4.74 Å². The lowest BCUT2D eigenvalue weighted by molar-refractivity contribution is -0.138. The quantitative estimate of drug-likeness (QED) is 0.801. The second-order valence-electron chi connectivity index (χ2n) is 5.20. The summed E-state index contributed by atoms with van der Waals surface area (Å²) in [5, 5.41) is 0. The van der Waals surface area contributed by atoms with Gasteiger partial charge in [0.2, 0.25) is 0 Å². The topological polar surface area (TPSA) is 29.5 Å². The van der Waals surface area contributed by atoms with Gasteiger partial charge in [-0.25, -0.2) is 4.79 Å². The van der Waals surface area contributed by atoms with Crippen molar-refractivity contribution in [3.8, 4) is 0 Å². The lowest BCUT2D eigenvalue weighted by Gasteiger charge is -2.27. The van der Waals surface area contributed by atoms with Crippen molar-refractivity contribution in [1.29, 1.82) is 0 Å². The van der Waals surface area contributed by atoms with Crippen molar-refractivity contribution in [2.24, 2.45) is 0 Å². The Labute approximate surface area is 121 Å². The average Bonchev–Trinajstić information content (AvgIpc) is 2.47. The van der Waals surface area contributed by atoms with Crippen LogP contribution in [-0.2, 0) is 17.5 Å². The minimum absolute atomic E-state index is 0.0766. The maximum atomic E-state index is 13.2. The number of ether oxygens (including phenoxy) is 1.